The number of rotatable bonds is 12. The van der Waals surface area contributed by atoms with Crippen LogP contribution in [-0.4, -0.2) is 32.1 Å². The van der Waals surface area contributed by atoms with Crippen molar-refractivity contribution < 1.29 is 9.15 Å². The van der Waals surface area contributed by atoms with Crippen LogP contribution in [0.1, 0.15) is 51.4 Å². The van der Waals surface area contributed by atoms with Crippen LogP contribution in [0.4, 0.5) is 0 Å². The minimum Gasteiger partial charge on any atom is -0.493 e. The van der Waals surface area contributed by atoms with Crippen molar-refractivity contribution in [1.29, 1.82) is 0 Å². The molecule has 0 unspecified atom stereocenters. The highest BCUT2D eigenvalue weighted by Crippen LogP contribution is 2.19. The average molecular weight is 345 g/mol. The Labute approximate surface area is 150 Å². The molecule has 138 valence electrons. The minimum absolute atomic E-state index is 0.327. The molecule has 1 heterocycles. The molecule has 1 aromatic carbocycles. The van der Waals surface area contributed by atoms with Gasteiger partial charge in [-0.3, -0.25) is 0 Å². The Morgan fingerprint density at radius 3 is 2.24 bits per heavy atom. The fourth-order valence-electron chi connectivity index (χ4n) is 2.91. The largest absolute Gasteiger partial charge is 0.493 e. The fourth-order valence-corrected chi connectivity index (χ4v) is 2.91. The highest BCUT2D eigenvalue weighted by atomic mass is 16.5. The molecule has 2 rings (SSSR count). The van der Waals surface area contributed by atoms with Crippen LogP contribution in [0.2, 0.25) is 0 Å². The molecule has 0 aliphatic rings. The first-order valence-corrected chi connectivity index (χ1v) is 9.46. The molecule has 0 amide bonds. The SMILES string of the molecule is CN(C)CCCCCCCCCCOc1ccc2ccc(=O)oc2c1. The van der Waals surface area contributed by atoms with Gasteiger partial charge in [-0.2, -0.15) is 0 Å². The Balaban J connectivity index is 1.52. The molecule has 1 aromatic heterocycles. The van der Waals surface area contributed by atoms with Crippen molar-refractivity contribution in [2.24, 2.45) is 0 Å². The first-order chi connectivity index (χ1) is 12.1. The molecule has 25 heavy (non-hydrogen) atoms. The molecule has 2 aromatic rings. The molecule has 0 N–H and O–H groups in total. The third-order valence-corrected chi connectivity index (χ3v) is 4.36. The molecule has 0 saturated heterocycles. The van der Waals surface area contributed by atoms with Crippen molar-refractivity contribution in [2.75, 3.05) is 27.2 Å². The van der Waals surface area contributed by atoms with Crippen molar-refractivity contribution >= 4 is 11.0 Å². The maximum absolute atomic E-state index is 11.3. The molecule has 0 aliphatic carbocycles. The minimum atomic E-state index is -0.327. The van der Waals surface area contributed by atoms with E-state index in [-0.39, 0.29) is 5.63 Å². The first kappa shape index (κ1) is 19.5. The second kappa shape index (κ2) is 10.9. The van der Waals surface area contributed by atoms with E-state index in [0.717, 1.165) is 17.6 Å². The summed E-state index contributed by atoms with van der Waals surface area (Å²) in [5.74, 6) is 0.766. The van der Waals surface area contributed by atoms with Gasteiger partial charge in [-0.25, -0.2) is 4.79 Å². The Bertz CT molecular complexity index is 678. The molecule has 0 bridgehead atoms. The van der Waals surface area contributed by atoms with Crippen LogP contribution < -0.4 is 10.4 Å². The van der Waals surface area contributed by atoms with Gasteiger partial charge in [0.2, 0.25) is 0 Å². The van der Waals surface area contributed by atoms with Crippen LogP contribution in [0.25, 0.3) is 11.0 Å². The summed E-state index contributed by atoms with van der Waals surface area (Å²) in [5.41, 5.74) is 0.255. The van der Waals surface area contributed by atoms with Gasteiger partial charge >= 0.3 is 5.63 Å². The molecule has 0 aliphatic heterocycles. The standard InChI is InChI=1S/C21H31NO3/c1-22(2)15-9-7-5-3-4-6-8-10-16-24-19-13-11-18-12-14-21(23)25-20(18)17-19/h11-14,17H,3-10,15-16H2,1-2H3. The van der Waals surface area contributed by atoms with Crippen LogP contribution in [0.3, 0.4) is 0 Å². The Morgan fingerprint density at radius 1 is 0.880 bits per heavy atom. The number of fused-ring (bicyclic) bond motifs is 1. The Kier molecular flexibility index (Phi) is 8.53. The van der Waals surface area contributed by atoms with E-state index >= 15 is 0 Å². The summed E-state index contributed by atoms with van der Waals surface area (Å²) in [6.07, 6.45) is 10.2. The number of hydrogen-bond acceptors (Lipinski definition) is 4. The third kappa shape index (κ3) is 7.74. The smallest absolute Gasteiger partial charge is 0.336 e. The van der Waals surface area contributed by atoms with Crippen LogP contribution in [0, 0.1) is 0 Å². The number of ether oxygens (including phenoxy) is 1. The molecule has 0 saturated carbocycles. The molecule has 0 spiro atoms. The van der Waals surface area contributed by atoms with Gasteiger partial charge in [0, 0.05) is 17.5 Å². The molecular formula is C21H31NO3. The second-order valence-corrected chi connectivity index (χ2v) is 6.93. The summed E-state index contributed by atoms with van der Waals surface area (Å²) in [7, 11) is 4.27. The molecule has 0 fully saturated rings. The third-order valence-electron chi connectivity index (χ3n) is 4.36. The Hall–Kier alpha value is -1.81. The van der Waals surface area contributed by atoms with Crippen molar-refractivity contribution in [3.05, 3.63) is 40.8 Å². The normalized spacial score (nSPS) is 11.3. The zero-order valence-corrected chi connectivity index (χ0v) is 15.6. The maximum atomic E-state index is 11.3. The molecular weight excluding hydrogens is 314 g/mol. The summed E-state index contributed by atoms with van der Waals surface area (Å²) in [6, 6.07) is 8.85. The summed E-state index contributed by atoms with van der Waals surface area (Å²) in [4.78, 5) is 13.5. The predicted octanol–water partition coefficient (Wildman–Crippen LogP) is 4.85. The molecule has 4 heteroatoms. The van der Waals surface area contributed by atoms with Crippen molar-refractivity contribution in [3.8, 4) is 5.75 Å². The van der Waals surface area contributed by atoms with Gasteiger partial charge < -0.3 is 14.1 Å². The lowest BCUT2D eigenvalue weighted by Crippen LogP contribution is -2.12. The number of nitrogens with zero attached hydrogens (tertiary/aromatic N) is 1. The van der Waals surface area contributed by atoms with Gasteiger partial charge in [-0.15, -0.1) is 0 Å². The summed E-state index contributed by atoms with van der Waals surface area (Å²) < 4.78 is 10.9. The van der Waals surface area contributed by atoms with Crippen LogP contribution in [-0.2, 0) is 0 Å². The van der Waals surface area contributed by atoms with E-state index in [9.17, 15) is 4.79 Å². The second-order valence-electron chi connectivity index (χ2n) is 6.93. The van der Waals surface area contributed by atoms with Gasteiger partial charge in [-0.1, -0.05) is 38.5 Å². The van der Waals surface area contributed by atoms with E-state index in [2.05, 4.69) is 19.0 Å². The van der Waals surface area contributed by atoms with E-state index in [1.165, 1.54) is 57.6 Å². The quantitative estimate of drug-likeness (QED) is 0.407. The van der Waals surface area contributed by atoms with Gasteiger partial charge in [0.15, 0.2) is 0 Å². The monoisotopic (exact) mass is 345 g/mol. The predicted molar refractivity (Wildman–Crippen MR) is 103 cm³/mol. The molecule has 4 nitrogen and oxygen atoms in total. The lowest BCUT2D eigenvalue weighted by Gasteiger charge is -2.08. The fraction of sp³-hybridized carbons (Fsp3) is 0.571. The lowest BCUT2D eigenvalue weighted by molar-refractivity contribution is 0.304. The van der Waals surface area contributed by atoms with Gasteiger partial charge in [0.05, 0.1) is 6.61 Å². The van der Waals surface area contributed by atoms with Crippen LogP contribution in [0.15, 0.2) is 39.5 Å². The van der Waals surface area contributed by atoms with Gasteiger partial charge in [0.1, 0.15) is 11.3 Å². The van der Waals surface area contributed by atoms with Crippen molar-refractivity contribution in [1.82, 2.24) is 4.90 Å². The van der Waals surface area contributed by atoms with Crippen molar-refractivity contribution in [2.45, 2.75) is 51.4 Å². The summed E-state index contributed by atoms with van der Waals surface area (Å²) in [5, 5.41) is 0.914. The number of hydrogen-bond donors (Lipinski definition) is 0. The highest BCUT2D eigenvalue weighted by molar-refractivity contribution is 5.77. The lowest BCUT2D eigenvalue weighted by atomic mass is 10.1. The topological polar surface area (TPSA) is 42.7 Å². The summed E-state index contributed by atoms with van der Waals surface area (Å²) in [6.45, 7) is 1.92. The zero-order valence-electron chi connectivity index (χ0n) is 15.6. The van der Waals surface area contributed by atoms with E-state index in [0.29, 0.717) is 12.2 Å². The molecule has 0 atom stereocenters. The van der Waals surface area contributed by atoms with Gasteiger partial charge in [-0.05, 0) is 51.7 Å². The van der Waals surface area contributed by atoms with E-state index in [1.54, 1.807) is 12.1 Å². The zero-order chi connectivity index (χ0) is 17.9. The maximum Gasteiger partial charge on any atom is 0.336 e. The van der Waals surface area contributed by atoms with Crippen LogP contribution in [0.5, 0.6) is 5.75 Å². The number of benzene rings is 1. The van der Waals surface area contributed by atoms with E-state index < -0.39 is 0 Å². The highest BCUT2D eigenvalue weighted by Gasteiger charge is 2.00. The summed E-state index contributed by atoms with van der Waals surface area (Å²) >= 11 is 0. The average Bonchev–Trinajstić information content (AvgIpc) is 2.59. The number of unbranched alkanes of at least 4 members (excludes halogenated alkanes) is 7. The van der Waals surface area contributed by atoms with Crippen LogP contribution >= 0.6 is 0 Å². The van der Waals surface area contributed by atoms with E-state index in [4.69, 9.17) is 9.15 Å². The van der Waals surface area contributed by atoms with E-state index in [1.807, 2.05) is 12.1 Å². The first-order valence-electron chi connectivity index (χ1n) is 9.46. The van der Waals surface area contributed by atoms with Gasteiger partial charge in [0.25, 0.3) is 0 Å². The van der Waals surface area contributed by atoms with Crippen molar-refractivity contribution in [3.63, 3.8) is 0 Å². The Morgan fingerprint density at radius 2 is 1.52 bits per heavy atom. The molecule has 0 radical (unpaired) electrons.